The molecule has 0 saturated heterocycles. The monoisotopic (exact) mass is 372 g/mol. The summed E-state index contributed by atoms with van der Waals surface area (Å²) in [5, 5.41) is 1.03. The van der Waals surface area contributed by atoms with Crippen molar-refractivity contribution in [1.29, 1.82) is 0 Å². The first kappa shape index (κ1) is 16.1. The maximum absolute atomic E-state index is 6.55. The molecule has 0 unspecified atom stereocenters. The summed E-state index contributed by atoms with van der Waals surface area (Å²) in [5.74, 6) is 2.26. The fourth-order valence-corrected chi connectivity index (χ4v) is 3.33. The summed E-state index contributed by atoms with van der Waals surface area (Å²) in [7, 11) is 1.64. The second kappa shape index (κ2) is 6.51. The van der Waals surface area contributed by atoms with Crippen LogP contribution in [0.5, 0.6) is 17.2 Å². The van der Waals surface area contributed by atoms with Crippen LogP contribution in [0.4, 0.5) is 0 Å². The van der Waals surface area contributed by atoms with E-state index in [2.05, 4.69) is 0 Å². The lowest BCUT2D eigenvalue weighted by molar-refractivity contribution is 0.174. The fourth-order valence-electron chi connectivity index (χ4n) is 2.90. The summed E-state index contributed by atoms with van der Waals surface area (Å²) in [6.45, 7) is 0.242. The van der Waals surface area contributed by atoms with Gasteiger partial charge in [0.05, 0.1) is 17.2 Å². The average Bonchev–Trinajstić information content (AvgIpc) is 3.11. The van der Waals surface area contributed by atoms with Crippen molar-refractivity contribution in [2.45, 2.75) is 0 Å². The maximum Gasteiger partial charge on any atom is 0.231 e. The van der Waals surface area contributed by atoms with Gasteiger partial charge in [0, 0.05) is 5.56 Å². The Hall–Kier alpha value is -2.36. The lowest BCUT2D eigenvalue weighted by atomic mass is 9.94. The van der Waals surface area contributed by atoms with Gasteiger partial charge in [-0.25, -0.2) is 0 Å². The summed E-state index contributed by atoms with van der Waals surface area (Å²) in [4.78, 5) is 0. The van der Waals surface area contributed by atoms with Crippen molar-refractivity contribution in [3.05, 3.63) is 64.6 Å². The highest BCUT2D eigenvalue weighted by molar-refractivity contribution is 6.44. The van der Waals surface area contributed by atoms with Gasteiger partial charge in [0.2, 0.25) is 6.79 Å². The zero-order valence-electron chi connectivity index (χ0n) is 13.4. The van der Waals surface area contributed by atoms with E-state index in [-0.39, 0.29) is 6.79 Å². The van der Waals surface area contributed by atoms with Crippen LogP contribution in [0.2, 0.25) is 10.0 Å². The van der Waals surface area contributed by atoms with Gasteiger partial charge in [-0.05, 0) is 47.0 Å². The molecule has 0 fully saturated rings. The topological polar surface area (TPSA) is 27.7 Å². The number of halogens is 2. The first-order valence-corrected chi connectivity index (χ1v) is 8.45. The molecule has 126 valence electrons. The van der Waals surface area contributed by atoms with Gasteiger partial charge in [-0.3, -0.25) is 0 Å². The molecule has 0 saturated carbocycles. The van der Waals surface area contributed by atoms with Gasteiger partial charge in [0.1, 0.15) is 5.75 Å². The average molecular weight is 373 g/mol. The number of benzene rings is 3. The summed E-state index contributed by atoms with van der Waals surface area (Å²) in [6.07, 6.45) is 0. The summed E-state index contributed by atoms with van der Waals surface area (Å²) >= 11 is 12.8. The maximum atomic E-state index is 6.55. The van der Waals surface area contributed by atoms with E-state index in [9.17, 15) is 0 Å². The minimum atomic E-state index is 0.242. The molecule has 0 aliphatic carbocycles. The van der Waals surface area contributed by atoms with Crippen molar-refractivity contribution in [2.24, 2.45) is 0 Å². The highest BCUT2D eigenvalue weighted by atomic mass is 35.5. The van der Waals surface area contributed by atoms with Gasteiger partial charge >= 0.3 is 0 Å². The lowest BCUT2D eigenvalue weighted by Crippen LogP contribution is -1.93. The Bertz CT molecular complexity index is 936. The molecule has 1 aliphatic rings. The predicted octanol–water partition coefficient (Wildman–Crippen LogP) is 6.06. The van der Waals surface area contributed by atoms with Gasteiger partial charge in [0.15, 0.2) is 11.5 Å². The zero-order chi connectivity index (χ0) is 17.4. The largest absolute Gasteiger partial charge is 0.497 e. The Morgan fingerprint density at radius 2 is 1.56 bits per heavy atom. The van der Waals surface area contributed by atoms with E-state index in [1.807, 2.05) is 48.5 Å². The zero-order valence-corrected chi connectivity index (χ0v) is 14.9. The molecule has 4 rings (SSSR count). The standard InChI is InChI=1S/C20H14Cl2O3/c1-23-14-5-2-12(3-6-14)19-15(7-8-16(21)20(19)22)13-4-9-17-18(10-13)25-11-24-17/h2-10H,11H2,1H3. The van der Waals surface area contributed by atoms with Crippen LogP contribution in [0, 0.1) is 0 Å². The van der Waals surface area contributed by atoms with Gasteiger partial charge in [-0.1, -0.05) is 47.5 Å². The molecule has 0 spiro atoms. The van der Waals surface area contributed by atoms with Crippen LogP contribution in [-0.2, 0) is 0 Å². The Morgan fingerprint density at radius 1 is 0.840 bits per heavy atom. The minimum Gasteiger partial charge on any atom is -0.497 e. The quantitative estimate of drug-likeness (QED) is 0.558. The van der Waals surface area contributed by atoms with E-state index < -0.39 is 0 Å². The molecule has 0 aromatic heterocycles. The van der Waals surface area contributed by atoms with Gasteiger partial charge in [-0.2, -0.15) is 0 Å². The van der Waals surface area contributed by atoms with Crippen LogP contribution in [-0.4, -0.2) is 13.9 Å². The Labute approximate surface area is 155 Å². The highest BCUT2D eigenvalue weighted by Crippen LogP contribution is 2.44. The molecule has 3 aromatic carbocycles. The SMILES string of the molecule is COc1ccc(-c2c(-c3ccc4c(c3)OCO4)ccc(Cl)c2Cl)cc1. The summed E-state index contributed by atoms with van der Waals surface area (Å²) in [6, 6.07) is 17.3. The van der Waals surface area contributed by atoms with E-state index in [4.69, 9.17) is 37.4 Å². The highest BCUT2D eigenvalue weighted by Gasteiger charge is 2.18. The van der Waals surface area contributed by atoms with Crippen LogP contribution in [0.25, 0.3) is 22.3 Å². The van der Waals surface area contributed by atoms with Crippen molar-refractivity contribution < 1.29 is 14.2 Å². The molecule has 0 N–H and O–H groups in total. The number of hydrogen-bond donors (Lipinski definition) is 0. The van der Waals surface area contributed by atoms with E-state index in [1.165, 1.54) is 0 Å². The third kappa shape index (κ3) is 2.90. The molecule has 0 amide bonds. The second-order valence-electron chi connectivity index (χ2n) is 5.58. The molecule has 3 nitrogen and oxygen atoms in total. The van der Waals surface area contributed by atoms with Crippen molar-refractivity contribution in [3.63, 3.8) is 0 Å². The number of rotatable bonds is 3. The molecule has 0 bridgehead atoms. The number of methoxy groups -OCH3 is 1. The van der Waals surface area contributed by atoms with Crippen LogP contribution < -0.4 is 14.2 Å². The molecule has 0 atom stereocenters. The molecule has 1 heterocycles. The smallest absolute Gasteiger partial charge is 0.231 e. The van der Waals surface area contributed by atoms with Crippen molar-refractivity contribution in [1.82, 2.24) is 0 Å². The predicted molar refractivity (Wildman–Crippen MR) is 100 cm³/mol. The van der Waals surface area contributed by atoms with Gasteiger partial charge in [-0.15, -0.1) is 0 Å². The van der Waals surface area contributed by atoms with E-state index >= 15 is 0 Å². The van der Waals surface area contributed by atoms with Gasteiger partial charge in [0.25, 0.3) is 0 Å². The van der Waals surface area contributed by atoms with Crippen LogP contribution in [0.15, 0.2) is 54.6 Å². The first-order valence-electron chi connectivity index (χ1n) is 7.70. The second-order valence-corrected chi connectivity index (χ2v) is 6.37. The molecule has 3 aromatic rings. The molecule has 1 aliphatic heterocycles. The Morgan fingerprint density at radius 3 is 2.32 bits per heavy atom. The number of fused-ring (bicyclic) bond motifs is 1. The summed E-state index contributed by atoms with van der Waals surface area (Å²) < 4.78 is 16.1. The van der Waals surface area contributed by atoms with E-state index in [0.29, 0.717) is 10.0 Å². The Kier molecular flexibility index (Phi) is 4.20. The van der Waals surface area contributed by atoms with Crippen LogP contribution >= 0.6 is 23.2 Å². The van der Waals surface area contributed by atoms with E-state index in [1.54, 1.807) is 13.2 Å². The fraction of sp³-hybridized carbons (Fsp3) is 0.100. The number of ether oxygens (including phenoxy) is 3. The molecule has 5 heteroatoms. The van der Waals surface area contributed by atoms with Crippen molar-refractivity contribution in [3.8, 4) is 39.5 Å². The molecular weight excluding hydrogens is 359 g/mol. The lowest BCUT2D eigenvalue weighted by Gasteiger charge is -2.14. The molecule has 25 heavy (non-hydrogen) atoms. The third-order valence-electron chi connectivity index (χ3n) is 4.16. The van der Waals surface area contributed by atoms with Gasteiger partial charge < -0.3 is 14.2 Å². The van der Waals surface area contributed by atoms with Crippen molar-refractivity contribution in [2.75, 3.05) is 13.9 Å². The van der Waals surface area contributed by atoms with Crippen LogP contribution in [0.3, 0.4) is 0 Å². The number of hydrogen-bond acceptors (Lipinski definition) is 3. The summed E-state index contributed by atoms with van der Waals surface area (Å²) in [5.41, 5.74) is 3.78. The van der Waals surface area contributed by atoms with E-state index in [0.717, 1.165) is 39.5 Å². The molecule has 0 radical (unpaired) electrons. The minimum absolute atomic E-state index is 0.242. The normalized spacial score (nSPS) is 12.3. The first-order chi connectivity index (χ1) is 12.2. The van der Waals surface area contributed by atoms with Crippen LogP contribution in [0.1, 0.15) is 0 Å². The third-order valence-corrected chi connectivity index (χ3v) is 4.96. The molecular formula is C20H14Cl2O3. The van der Waals surface area contributed by atoms with Crippen molar-refractivity contribution >= 4 is 23.2 Å². The Balaban J connectivity index is 1.89.